The van der Waals surface area contributed by atoms with Crippen LogP contribution in [0.25, 0.3) is 0 Å². The van der Waals surface area contributed by atoms with E-state index in [0.29, 0.717) is 6.04 Å². The minimum Gasteiger partial charge on any atom is -0.362 e. The van der Waals surface area contributed by atoms with Crippen LogP contribution in [0.4, 0.5) is 0 Å². The summed E-state index contributed by atoms with van der Waals surface area (Å²) >= 11 is 0. The molecule has 56 valence electrons. The van der Waals surface area contributed by atoms with Crippen LogP contribution in [0.3, 0.4) is 0 Å². The Bertz CT molecular complexity index is 166. The Morgan fingerprint density at radius 2 is 1.90 bits per heavy atom. The first-order valence-corrected chi connectivity index (χ1v) is 3.97. The quantitative estimate of drug-likeness (QED) is 0.487. The Balaban J connectivity index is 2.24. The second-order valence-electron chi connectivity index (χ2n) is 3.63. The minimum absolute atomic E-state index is 0.626. The van der Waals surface area contributed by atoms with Crippen molar-refractivity contribution in [3.8, 4) is 0 Å². The highest BCUT2D eigenvalue weighted by molar-refractivity contribution is 5.58. The Morgan fingerprint density at radius 1 is 1.30 bits per heavy atom. The summed E-state index contributed by atoms with van der Waals surface area (Å²) in [6.45, 7) is 4.59. The zero-order chi connectivity index (χ0) is 7.30. The molecule has 3 aliphatic rings. The van der Waals surface area contributed by atoms with E-state index < -0.39 is 0 Å². The molecule has 2 heteroatoms. The lowest BCUT2D eigenvalue weighted by Crippen LogP contribution is -2.62. The van der Waals surface area contributed by atoms with Crippen LogP contribution < -0.4 is 0 Å². The molecule has 0 aromatic carbocycles. The zero-order valence-electron chi connectivity index (χ0n) is 6.78. The van der Waals surface area contributed by atoms with E-state index in [4.69, 9.17) is 0 Å². The van der Waals surface area contributed by atoms with Crippen molar-refractivity contribution in [2.24, 2.45) is 16.8 Å². The van der Waals surface area contributed by atoms with Gasteiger partial charge in [-0.25, -0.2) is 0 Å². The van der Waals surface area contributed by atoms with Gasteiger partial charge in [0.05, 0.1) is 12.4 Å². The fourth-order valence-corrected chi connectivity index (χ4v) is 2.49. The summed E-state index contributed by atoms with van der Waals surface area (Å²) in [7, 11) is 2.12. The molecule has 1 aliphatic carbocycles. The van der Waals surface area contributed by atoms with Crippen LogP contribution in [0.2, 0.25) is 0 Å². The third-order valence-electron chi connectivity index (χ3n) is 3.05. The van der Waals surface area contributed by atoms with Crippen molar-refractivity contribution in [3.05, 3.63) is 0 Å². The molecule has 0 saturated heterocycles. The number of nitrogens with zero attached hydrogens (tertiary/aromatic N) is 2. The van der Waals surface area contributed by atoms with Gasteiger partial charge in [-0.3, -0.25) is 4.99 Å². The molecular formula is C8H14N2. The summed E-state index contributed by atoms with van der Waals surface area (Å²) in [5, 5.41) is 0. The van der Waals surface area contributed by atoms with Gasteiger partial charge in [0.2, 0.25) is 0 Å². The Morgan fingerprint density at radius 3 is 2.20 bits per heavy atom. The third kappa shape index (κ3) is 0.522. The molecular weight excluding hydrogens is 124 g/mol. The fraction of sp³-hybridized carbons (Fsp3) is 0.875. The summed E-state index contributed by atoms with van der Waals surface area (Å²) in [6, 6.07) is 1.39. The van der Waals surface area contributed by atoms with Gasteiger partial charge in [-0.05, 0) is 11.8 Å². The lowest BCUT2D eigenvalue weighted by Gasteiger charge is -2.54. The van der Waals surface area contributed by atoms with E-state index in [1.807, 2.05) is 6.34 Å². The molecule has 0 N–H and O–H groups in total. The Labute approximate surface area is 61.9 Å². The van der Waals surface area contributed by atoms with Crippen molar-refractivity contribution in [1.29, 1.82) is 0 Å². The molecule has 2 bridgehead atoms. The van der Waals surface area contributed by atoms with E-state index in [9.17, 15) is 0 Å². The molecule has 1 saturated carbocycles. The van der Waals surface area contributed by atoms with Crippen molar-refractivity contribution >= 4 is 6.34 Å². The summed E-state index contributed by atoms with van der Waals surface area (Å²) < 4.78 is 0. The number of aliphatic imine (C=N–C) groups is 1. The molecule has 10 heavy (non-hydrogen) atoms. The van der Waals surface area contributed by atoms with Gasteiger partial charge in [0.15, 0.2) is 0 Å². The SMILES string of the molecule is CC1C2N=CN(C)C1C2C. The second-order valence-corrected chi connectivity index (χ2v) is 3.63. The van der Waals surface area contributed by atoms with E-state index in [2.05, 4.69) is 30.8 Å². The van der Waals surface area contributed by atoms with Crippen molar-refractivity contribution in [1.82, 2.24) is 4.90 Å². The molecule has 1 fully saturated rings. The van der Waals surface area contributed by atoms with Crippen LogP contribution in [0.1, 0.15) is 13.8 Å². The zero-order valence-corrected chi connectivity index (χ0v) is 6.78. The van der Waals surface area contributed by atoms with E-state index in [0.717, 1.165) is 17.9 Å². The summed E-state index contributed by atoms with van der Waals surface area (Å²) in [4.78, 5) is 6.69. The summed E-state index contributed by atoms with van der Waals surface area (Å²) in [5.41, 5.74) is 0. The van der Waals surface area contributed by atoms with E-state index >= 15 is 0 Å². The van der Waals surface area contributed by atoms with E-state index in [-0.39, 0.29) is 0 Å². The van der Waals surface area contributed by atoms with Gasteiger partial charge in [0, 0.05) is 13.1 Å². The third-order valence-corrected chi connectivity index (χ3v) is 3.05. The highest BCUT2D eigenvalue weighted by atomic mass is 15.2. The van der Waals surface area contributed by atoms with E-state index in [1.165, 1.54) is 0 Å². The Kier molecular flexibility index (Phi) is 1.08. The maximum atomic E-state index is 4.44. The molecule has 2 unspecified atom stereocenters. The fourth-order valence-electron chi connectivity index (χ4n) is 2.49. The van der Waals surface area contributed by atoms with Crippen LogP contribution in [0, 0.1) is 11.8 Å². The summed E-state index contributed by atoms with van der Waals surface area (Å²) in [6.07, 6.45) is 1.98. The van der Waals surface area contributed by atoms with Crippen molar-refractivity contribution in [2.45, 2.75) is 25.9 Å². The van der Waals surface area contributed by atoms with Crippen LogP contribution in [-0.4, -0.2) is 30.4 Å². The molecule has 2 atom stereocenters. The molecule has 3 rings (SSSR count). The number of hydrogen-bond donors (Lipinski definition) is 0. The minimum atomic E-state index is 0.626. The van der Waals surface area contributed by atoms with Gasteiger partial charge < -0.3 is 4.90 Å². The molecule has 2 nitrogen and oxygen atoms in total. The lowest BCUT2D eigenvalue weighted by atomic mass is 9.66. The van der Waals surface area contributed by atoms with Gasteiger partial charge in [-0.15, -0.1) is 0 Å². The topological polar surface area (TPSA) is 15.6 Å². The number of rotatable bonds is 0. The van der Waals surface area contributed by atoms with Crippen molar-refractivity contribution in [2.75, 3.05) is 7.05 Å². The normalized spacial score (nSPS) is 50.9. The number of hydrogen-bond acceptors (Lipinski definition) is 2. The molecule has 0 aromatic rings. The maximum absolute atomic E-state index is 4.44. The van der Waals surface area contributed by atoms with Gasteiger partial charge in [-0.2, -0.15) is 0 Å². The van der Waals surface area contributed by atoms with Crippen LogP contribution in [0.5, 0.6) is 0 Å². The molecule has 0 amide bonds. The number of fused-ring (bicyclic) bond motifs is 1. The molecule has 2 heterocycles. The average Bonchev–Trinajstić information content (AvgIpc) is 1.88. The standard InChI is InChI=1S/C8H14N2/c1-5-7-6(2)8(5)10(3)4-9-7/h4-8H,1-3H3. The highest BCUT2D eigenvalue weighted by Gasteiger charge is 2.48. The van der Waals surface area contributed by atoms with Crippen LogP contribution >= 0.6 is 0 Å². The van der Waals surface area contributed by atoms with Crippen molar-refractivity contribution < 1.29 is 0 Å². The highest BCUT2D eigenvalue weighted by Crippen LogP contribution is 2.41. The summed E-state index contributed by atoms with van der Waals surface area (Å²) in [5.74, 6) is 1.56. The largest absolute Gasteiger partial charge is 0.362 e. The average molecular weight is 138 g/mol. The molecule has 0 radical (unpaired) electrons. The van der Waals surface area contributed by atoms with Gasteiger partial charge in [0.25, 0.3) is 0 Å². The first-order chi connectivity index (χ1) is 4.72. The van der Waals surface area contributed by atoms with Gasteiger partial charge in [0.1, 0.15) is 0 Å². The van der Waals surface area contributed by atoms with Crippen molar-refractivity contribution in [3.63, 3.8) is 0 Å². The predicted molar refractivity (Wildman–Crippen MR) is 42.2 cm³/mol. The second kappa shape index (κ2) is 1.74. The van der Waals surface area contributed by atoms with Gasteiger partial charge in [-0.1, -0.05) is 13.8 Å². The lowest BCUT2D eigenvalue weighted by molar-refractivity contribution is 0.0343. The molecule has 0 aromatic heterocycles. The Hall–Kier alpha value is -0.530. The smallest absolute Gasteiger partial charge is 0.0853 e. The van der Waals surface area contributed by atoms with Crippen LogP contribution in [-0.2, 0) is 0 Å². The monoisotopic (exact) mass is 138 g/mol. The van der Waals surface area contributed by atoms with Crippen LogP contribution in [0.15, 0.2) is 4.99 Å². The van der Waals surface area contributed by atoms with Gasteiger partial charge >= 0.3 is 0 Å². The first-order valence-electron chi connectivity index (χ1n) is 3.97. The van der Waals surface area contributed by atoms with E-state index in [1.54, 1.807) is 0 Å². The molecule has 2 aliphatic heterocycles. The maximum Gasteiger partial charge on any atom is 0.0853 e. The predicted octanol–water partition coefficient (Wildman–Crippen LogP) is 0.983. The first kappa shape index (κ1) is 6.20. The molecule has 0 spiro atoms.